The van der Waals surface area contributed by atoms with Gasteiger partial charge in [-0.1, -0.05) is 0 Å². The van der Waals surface area contributed by atoms with Gasteiger partial charge in [-0.25, -0.2) is 13.8 Å². The SMILES string of the molecule is CCOc1ccc(S(=O)(=O)Nc2ccc(C(=O)N/N=C(\C)c3ccco3)cc2)cc1. The van der Waals surface area contributed by atoms with Gasteiger partial charge in [-0.2, -0.15) is 5.10 Å². The van der Waals surface area contributed by atoms with Crippen LogP contribution < -0.4 is 14.9 Å². The van der Waals surface area contributed by atoms with Crippen LogP contribution in [0.4, 0.5) is 5.69 Å². The number of sulfonamides is 1. The molecule has 0 saturated carbocycles. The molecule has 0 radical (unpaired) electrons. The fourth-order valence-electron chi connectivity index (χ4n) is 2.52. The Labute approximate surface area is 174 Å². The van der Waals surface area contributed by atoms with Crippen molar-refractivity contribution in [1.82, 2.24) is 5.43 Å². The van der Waals surface area contributed by atoms with Crippen LogP contribution in [-0.2, 0) is 10.0 Å². The quantitative estimate of drug-likeness (QED) is 0.421. The van der Waals surface area contributed by atoms with Crippen LogP contribution in [0.5, 0.6) is 5.75 Å². The molecule has 1 heterocycles. The second-order valence-electron chi connectivity index (χ2n) is 6.20. The molecule has 0 saturated heterocycles. The van der Waals surface area contributed by atoms with E-state index in [9.17, 15) is 13.2 Å². The second-order valence-corrected chi connectivity index (χ2v) is 7.89. The summed E-state index contributed by atoms with van der Waals surface area (Å²) < 4.78 is 38.0. The van der Waals surface area contributed by atoms with Crippen molar-refractivity contribution in [3.8, 4) is 5.75 Å². The number of furan rings is 1. The lowest BCUT2D eigenvalue weighted by Gasteiger charge is -2.10. The molecule has 3 aromatic rings. The van der Waals surface area contributed by atoms with E-state index in [4.69, 9.17) is 9.15 Å². The largest absolute Gasteiger partial charge is 0.494 e. The average molecular weight is 427 g/mol. The zero-order valence-corrected chi connectivity index (χ0v) is 17.3. The highest BCUT2D eigenvalue weighted by Gasteiger charge is 2.15. The Morgan fingerprint density at radius 1 is 1.07 bits per heavy atom. The van der Waals surface area contributed by atoms with Crippen molar-refractivity contribution < 1.29 is 22.4 Å². The Bertz CT molecular complexity index is 1120. The van der Waals surface area contributed by atoms with Gasteiger partial charge >= 0.3 is 0 Å². The van der Waals surface area contributed by atoms with Gasteiger partial charge in [0.1, 0.15) is 17.2 Å². The Morgan fingerprint density at radius 3 is 2.37 bits per heavy atom. The molecular formula is C21H21N3O5S. The lowest BCUT2D eigenvalue weighted by molar-refractivity contribution is 0.0955. The first kappa shape index (κ1) is 21.1. The van der Waals surface area contributed by atoms with Crippen LogP contribution in [0.2, 0.25) is 0 Å². The van der Waals surface area contributed by atoms with Gasteiger partial charge in [0.05, 0.1) is 17.8 Å². The molecule has 0 spiro atoms. The number of ether oxygens (including phenoxy) is 1. The van der Waals surface area contributed by atoms with Gasteiger partial charge in [-0.3, -0.25) is 9.52 Å². The highest BCUT2D eigenvalue weighted by atomic mass is 32.2. The summed E-state index contributed by atoms with van der Waals surface area (Å²) in [6.07, 6.45) is 1.52. The smallest absolute Gasteiger partial charge is 0.271 e. The molecular weight excluding hydrogens is 406 g/mol. The summed E-state index contributed by atoms with van der Waals surface area (Å²) in [6.45, 7) is 4.05. The molecule has 8 nitrogen and oxygen atoms in total. The molecule has 0 fully saturated rings. The molecule has 156 valence electrons. The fourth-order valence-corrected chi connectivity index (χ4v) is 3.58. The number of hydrogen-bond donors (Lipinski definition) is 2. The number of carbonyl (C=O) groups is 1. The highest BCUT2D eigenvalue weighted by Crippen LogP contribution is 2.19. The third-order valence-electron chi connectivity index (χ3n) is 4.05. The lowest BCUT2D eigenvalue weighted by atomic mass is 10.2. The molecule has 0 aliphatic carbocycles. The van der Waals surface area contributed by atoms with Crippen molar-refractivity contribution in [1.29, 1.82) is 0 Å². The van der Waals surface area contributed by atoms with Crippen molar-refractivity contribution in [3.63, 3.8) is 0 Å². The van der Waals surface area contributed by atoms with E-state index in [-0.39, 0.29) is 4.90 Å². The van der Waals surface area contributed by atoms with Crippen LogP contribution >= 0.6 is 0 Å². The number of rotatable bonds is 8. The van der Waals surface area contributed by atoms with Crippen molar-refractivity contribution in [2.24, 2.45) is 5.10 Å². The Kier molecular flexibility index (Phi) is 6.53. The maximum atomic E-state index is 12.5. The normalized spacial score (nSPS) is 11.7. The Morgan fingerprint density at radius 2 is 1.77 bits per heavy atom. The summed E-state index contributed by atoms with van der Waals surface area (Å²) in [5.74, 6) is 0.716. The maximum Gasteiger partial charge on any atom is 0.271 e. The summed E-state index contributed by atoms with van der Waals surface area (Å²) >= 11 is 0. The molecule has 0 aliphatic rings. The summed E-state index contributed by atoms with van der Waals surface area (Å²) in [5, 5.41) is 3.99. The zero-order valence-electron chi connectivity index (χ0n) is 16.5. The van der Waals surface area contributed by atoms with Crippen molar-refractivity contribution >= 4 is 27.3 Å². The number of carbonyl (C=O) groups excluding carboxylic acids is 1. The molecule has 1 aromatic heterocycles. The molecule has 0 atom stereocenters. The van der Waals surface area contributed by atoms with E-state index >= 15 is 0 Å². The van der Waals surface area contributed by atoms with Gasteiger partial charge in [0.15, 0.2) is 0 Å². The molecule has 30 heavy (non-hydrogen) atoms. The van der Waals surface area contributed by atoms with Gasteiger partial charge in [0.25, 0.3) is 15.9 Å². The first-order chi connectivity index (χ1) is 14.4. The topological polar surface area (TPSA) is 110 Å². The van der Waals surface area contributed by atoms with Crippen LogP contribution in [0.3, 0.4) is 0 Å². The molecule has 0 aliphatic heterocycles. The second kappa shape index (κ2) is 9.27. The number of nitrogens with zero attached hydrogens (tertiary/aromatic N) is 1. The van der Waals surface area contributed by atoms with E-state index < -0.39 is 15.9 Å². The highest BCUT2D eigenvalue weighted by molar-refractivity contribution is 7.92. The van der Waals surface area contributed by atoms with Crippen LogP contribution in [0.25, 0.3) is 0 Å². The number of anilines is 1. The number of amides is 1. The van der Waals surface area contributed by atoms with Gasteiger partial charge in [-0.05, 0) is 74.5 Å². The van der Waals surface area contributed by atoms with E-state index in [1.54, 1.807) is 31.2 Å². The molecule has 9 heteroatoms. The lowest BCUT2D eigenvalue weighted by Crippen LogP contribution is -2.19. The number of benzene rings is 2. The zero-order chi connectivity index (χ0) is 21.6. The minimum atomic E-state index is -3.76. The van der Waals surface area contributed by atoms with Crippen LogP contribution in [0, 0.1) is 0 Å². The van der Waals surface area contributed by atoms with E-state index in [2.05, 4.69) is 15.2 Å². The molecule has 0 unspecified atom stereocenters. The van der Waals surface area contributed by atoms with Gasteiger partial charge in [0, 0.05) is 11.3 Å². The third kappa shape index (κ3) is 5.26. The number of hydrogen-bond acceptors (Lipinski definition) is 6. The molecule has 3 rings (SSSR count). The monoisotopic (exact) mass is 427 g/mol. The molecule has 2 aromatic carbocycles. The van der Waals surface area contributed by atoms with Gasteiger partial charge < -0.3 is 9.15 Å². The number of hydrazone groups is 1. The van der Waals surface area contributed by atoms with Crippen LogP contribution in [0.15, 0.2) is 81.3 Å². The fraction of sp³-hybridized carbons (Fsp3) is 0.143. The Balaban J connectivity index is 1.64. The van der Waals surface area contributed by atoms with E-state index in [1.165, 1.54) is 42.7 Å². The molecule has 1 amide bonds. The molecule has 2 N–H and O–H groups in total. The van der Waals surface area contributed by atoms with Crippen molar-refractivity contribution in [3.05, 3.63) is 78.3 Å². The first-order valence-electron chi connectivity index (χ1n) is 9.13. The van der Waals surface area contributed by atoms with Crippen molar-refractivity contribution in [2.75, 3.05) is 11.3 Å². The summed E-state index contributed by atoms with van der Waals surface area (Å²) in [5.41, 5.74) is 3.61. The summed E-state index contributed by atoms with van der Waals surface area (Å²) in [6, 6.07) is 15.6. The predicted molar refractivity (Wildman–Crippen MR) is 113 cm³/mol. The summed E-state index contributed by atoms with van der Waals surface area (Å²) in [7, 11) is -3.76. The van der Waals surface area contributed by atoms with Gasteiger partial charge in [0.2, 0.25) is 0 Å². The standard InChI is InChI=1S/C21H21N3O5S/c1-3-28-18-10-12-19(13-11-18)30(26,27)24-17-8-6-16(7-9-17)21(25)23-22-15(2)20-5-4-14-29-20/h4-14,24H,3H2,1-2H3,(H,23,25)/b22-15+. The first-order valence-corrected chi connectivity index (χ1v) is 10.6. The van der Waals surface area contributed by atoms with Crippen LogP contribution in [0.1, 0.15) is 30.0 Å². The average Bonchev–Trinajstić information content (AvgIpc) is 3.28. The number of nitrogens with one attached hydrogen (secondary N) is 2. The third-order valence-corrected chi connectivity index (χ3v) is 5.44. The van der Waals surface area contributed by atoms with E-state index in [0.717, 1.165) is 0 Å². The van der Waals surface area contributed by atoms with Crippen molar-refractivity contribution in [2.45, 2.75) is 18.7 Å². The van der Waals surface area contributed by atoms with E-state index in [1.807, 2.05) is 6.92 Å². The maximum absolute atomic E-state index is 12.5. The minimum Gasteiger partial charge on any atom is -0.494 e. The van der Waals surface area contributed by atoms with Gasteiger partial charge in [-0.15, -0.1) is 0 Å². The molecule has 0 bridgehead atoms. The minimum absolute atomic E-state index is 0.107. The summed E-state index contributed by atoms with van der Waals surface area (Å²) in [4.78, 5) is 12.3. The predicted octanol–water partition coefficient (Wildman–Crippen LogP) is 3.63. The van der Waals surface area contributed by atoms with E-state index in [0.29, 0.717) is 35.1 Å². The van der Waals surface area contributed by atoms with Crippen LogP contribution in [-0.4, -0.2) is 26.6 Å². The Hall–Kier alpha value is -3.59.